The van der Waals surface area contributed by atoms with Crippen molar-refractivity contribution in [3.63, 3.8) is 0 Å². The van der Waals surface area contributed by atoms with Crippen LogP contribution < -0.4 is 20.1 Å². The molecule has 35 heavy (non-hydrogen) atoms. The number of halogens is 1. The Morgan fingerprint density at radius 3 is 1.89 bits per heavy atom. The highest BCUT2D eigenvalue weighted by Crippen LogP contribution is 2.53. The summed E-state index contributed by atoms with van der Waals surface area (Å²) in [6.07, 6.45) is 0. The van der Waals surface area contributed by atoms with Crippen molar-refractivity contribution < 1.29 is 19.1 Å². The second-order valence-corrected chi connectivity index (χ2v) is 11.0. The number of ether oxygens (including phenoxy) is 2. The summed E-state index contributed by atoms with van der Waals surface area (Å²) in [7, 11) is -0.424. The normalized spacial score (nSPS) is 11.8. The van der Waals surface area contributed by atoms with E-state index in [9.17, 15) is 5.11 Å². The van der Waals surface area contributed by atoms with Crippen molar-refractivity contribution in [2.45, 2.75) is 6.92 Å². The summed E-state index contributed by atoms with van der Waals surface area (Å²) >= 11 is 6.47. The molecule has 0 spiro atoms. The van der Waals surface area contributed by atoms with E-state index in [0.717, 1.165) is 11.1 Å². The van der Waals surface area contributed by atoms with E-state index in [1.54, 1.807) is 56.4 Å². The third-order valence-corrected chi connectivity index (χ3v) is 9.05. The molecule has 0 aliphatic heterocycles. The number of hydrogen-bond acceptors (Lipinski definition) is 4. The smallest absolute Gasteiger partial charge is 0.172 e. The molecule has 0 aliphatic rings. The van der Waals surface area contributed by atoms with Gasteiger partial charge in [0.15, 0.2) is 7.14 Å². The van der Waals surface area contributed by atoms with Gasteiger partial charge >= 0.3 is 0 Å². The summed E-state index contributed by atoms with van der Waals surface area (Å²) in [5.41, 5.74) is 2.60. The summed E-state index contributed by atoms with van der Waals surface area (Å²) in [5, 5.41) is 12.5. The largest absolute Gasteiger partial charge is 0.507 e. The topological polar surface area (TPSA) is 55.8 Å². The highest BCUT2D eigenvalue weighted by molar-refractivity contribution is 7.82. The van der Waals surface area contributed by atoms with Gasteiger partial charge in [-0.3, -0.25) is 0 Å². The lowest BCUT2D eigenvalue weighted by atomic mass is 9.98. The molecule has 0 unspecified atom stereocenters. The summed E-state index contributed by atoms with van der Waals surface area (Å²) in [5.74, 6) is 2.76. The standard InChI is InChI=1S/C29H26ClO4P/c1-20-17-25(31)22(18-24(20)30)23(21-11-5-4-6-12-21)19-35(32,28-15-9-7-13-26(28)33-2)29-16-10-8-14-27(29)34-3/h4-19,31H,1-3H3/b23-19-. The maximum Gasteiger partial charge on any atom is 0.172 e. The Labute approximate surface area is 210 Å². The summed E-state index contributed by atoms with van der Waals surface area (Å²) in [6.45, 7) is 1.83. The molecule has 0 aliphatic carbocycles. The first-order chi connectivity index (χ1) is 16.9. The molecule has 0 atom stereocenters. The van der Waals surface area contributed by atoms with E-state index in [0.29, 0.717) is 38.3 Å². The molecule has 178 valence electrons. The van der Waals surface area contributed by atoms with Crippen LogP contribution in [-0.4, -0.2) is 19.3 Å². The van der Waals surface area contributed by atoms with Crippen LogP contribution in [0.4, 0.5) is 0 Å². The van der Waals surface area contributed by atoms with Gasteiger partial charge in [0, 0.05) is 10.6 Å². The van der Waals surface area contributed by atoms with Gasteiger partial charge < -0.3 is 19.1 Å². The van der Waals surface area contributed by atoms with E-state index in [2.05, 4.69) is 0 Å². The number of benzene rings is 4. The van der Waals surface area contributed by atoms with Crippen molar-refractivity contribution in [2.24, 2.45) is 0 Å². The Bertz CT molecular complexity index is 1380. The summed E-state index contributed by atoms with van der Waals surface area (Å²) < 4.78 is 26.5. The molecule has 0 amide bonds. The lowest BCUT2D eigenvalue weighted by molar-refractivity contribution is 0.416. The van der Waals surface area contributed by atoms with E-state index >= 15 is 4.57 Å². The number of para-hydroxylation sites is 2. The molecule has 0 radical (unpaired) electrons. The molecule has 4 aromatic rings. The predicted octanol–water partition coefficient (Wildman–Crippen LogP) is 6.77. The molecule has 0 fully saturated rings. The van der Waals surface area contributed by atoms with Crippen LogP contribution in [0.15, 0.2) is 96.8 Å². The van der Waals surface area contributed by atoms with E-state index in [1.165, 1.54) is 0 Å². The van der Waals surface area contributed by atoms with Gasteiger partial charge in [-0.25, -0.2) is 0 Å². The zero-order valence-corrected chi connectivity index (χ0v) is 21.4. The van der Waals surface area contributed by atoms with Crippen molar-refractivity contribution >= 4 is 34.9 Å². The minimum absolute atomic E-state index is 0.0496. The Kier molecular flexibility index (Phi) is 7.35. The molecule has 0 aromatic heterocycles. The number of phenolic OH excluding ortho intramolecular Hbond substituents is 1. The Hall–Kier alpha value is -3.46. The number of phenols is 1. The number of aromatic hydroxyl groups is 1. The molecule has 0 saturated heterocycles. The van der Waals surface area contributed by atoms with Crippen LogP contribution in [0.3, 0.4) is 0 Å². The van der Waals surface area contributed by atoms with Crippen LogP contribution >= 0.6 is 18.7 Å². The fourth-order valence-electron chi connectivity index (χ4n) is 4.06. The molecule has 0 saturated carbocycles. The molecule has 4 aromatic carbocycles. The Morgan fingerprint density at radius 1 is 0.829 bits per heavy atom. The first-order valence-corrected chi connectivity index (χ1v) is 13.2. The number of hydrogen-bond donors (Lipinski definition) is 1. The van der Waals surface area contributed by atoms with E-state index < -0.39 is 7.14 Å². The monoisotopic (exact) mass is 504 g/mol. The number of aryl methyl sites for hydroxylation is 1. The minimum atomic E-state index is -3.53. The van der Waals surface area contributed by atoms with Crippen molar-refractivity contribution in [1.29, 1.82) is 0 Å². The zero-order valence-electron chi connectivity index (χ0n) is 19.7. The molecule has 4 nitrogen and oxygen atoms in total. The third kappa shape index (κ3) is 4.86. The van der Waals surface area contributed by atoms with Gasteiger partial charge in [-0.15, -0.1) is 0 Å². The quantitative estimate of drug-likeness (QED) is 0.282. The molecule has 1 N–H and O–H groups in total. The second-order valence-electron chi connectivity index (χ2n) is 8.03. The van der Waals surface area contributed by atoms with Crippen molar-refractivity contribution in [3.05, 3.63) is 119 Å². The fraction of sp³-hybridized carbons (Fsp3) is 0.103. The van der Waals surface area contributed by atoms with Gasteiger partial charge in [-0.05, 0) is 65.8 Å². The second kappa shape index (κ2) is 10.4. The van der Waals surface area contributed by atoms with Crippen molar-refractivity contribution in [2.75, 3.05) is 14.2 Å². The van der Waals surface area contributed by atoms with Crippen molar-refractivity contribution in [1.82, 2.24) is 0 Å². The van der Waals surface area contributed by atoms with Gasteiger partial charge in [0.2, 0.25) is 0 Å². The van der Waals surface area contributed by atoms with Crippen LogP contribution in [0.2, 0.25) is 5.02 Å². The molecule has 0 bridgehead atoms. The lowest BCUT2D eigenvalue weighted by Gasteiger charge is -2.22. The molecule has 4 rings (SSSR count). The maximum absolute atomic E-state index is 15.2. The van der Waals surface area contributed by atoms with Crippen LogP contribution in [-0.2, 0) is 4.57 Å². The van der Waals surface area contributed by atoms with Gasteiger partial charge in [0.05, 0.1) is 24.8 Å². The zero-order chi connectivity index (χ0) is 25.0. The number of methoxy groups -OCH3 is 2. The van der Waals surface area contributed by atoms with Gasteiger partial charge in [0.1, 0.15) is 17.2 Å². The van der Waals surface area contributed by atoms with Gasteiger partial charge in [0.25, 0.3) is 0 Å². The molecule has 0 heterocycles. The fourth-order valence-corrected chi connectivity index (χ4v) is 7.01. The van der Waals surface area contributed by atoms with Crippen LogP contribution in [0.1, 0.15) is 16.7 Å². The molecular formula is C29H26ClO4P. The van der Waals surface area contributed by atoms with E-state index in [-0.39, 0.29) is 5.75 Å². The summed E-state index contributed by atoms with van der Waals surface area (Å²) in [6, 6.07) is 27.3. The van der Waals surface area contributed by atoms with Crippen LogP contribution in [0.5, 0.6) is 17.2 Å². The molecular weight excluding hydrogens is 479 g/mol. The van der Waals surface area contributed by atoms with Crippen LogP contribution in [0, 0.1) is 6.92 Å². The first-order valence-electron chi connectivity index (χ1n) is 11.0. The van der Waals surface area contributed by atoms with E-state index in [1.807, 2.05) is 61.5 Å². The highest BCUT2D eigenvalue weighted by atomic mass is 35.5. The van der Waals surface area contributed by atoms with Crippen LogP contribution in [0.25, 0.3) is 5.57 Å². The number of rotatable bonds is 7. The third-order valence-electron chi connectivity index (χ3n) is 5.85. The highest BCUT2D eigenvalue weighted by Gasteiger charge is 2.32. The summed E-state index contributed by atoms with van der Waals surface area (Å²) in [4.78, 5) is 0. The van der Waals surface area contributed by atoms with E-state index in [4.69, 9.17) is 21.1 Å². The van der Waals surface area contributed by atoms with Gasteiger partial charge in [-0.1, -0.05) is 66.2 Å². The Morgan fingerprint density at radius 2 is 1.34 bits per heavy atom. The SMILES string of the molecule is COc1ccccc1P(=O)(/C=C(/c1ccccc1)c1cc(Cl)c(C)cc1O)c1ccccc1OC. The van der Waals surface area contributed by atoms with Gasteiger partial charge in [-0.2, -0.15) is 0 Å². The predicted molar refractivity (Wildman–Crippen MR) is 144 cm³/mol. The lowest BCUT2D eigenvalue weighted by Crippen LogP contribution is -2.18. The average molecular weight is 505 g/mol. The minimum Gasteiger partial charge on any atom is -0.507 e. The van der Waals surface area contributed by atoms with Crippen molar-refractivity contribution in [3.8, 4) is 17.2 Å². The first kappa shape index (κ1) is 24.7. The average Bonchev–Trinajstić information content (AvgIpc) is 2.90. The molecule has 6 heteroatoms. The Balaban J connectivity index is 2.12. The maximum atomic E-state index is 15.2.